The first-order valence-corrected chi connectivity index (χ1v) is 4.72. The van der Waals surface area contributed by atoms with Crippen LogP contribution in [0.15, 0.2) is 4.79 Å². The molecule has 0 saturated carbocycles. The van der Waals surface area contributed by atoms with Gasteiger partial charge in [0.05, 0.1) is 10.4 Å². The molecular weight excluding hydrogens is 186 g/mol. The van der Waals surface area contributed by atoms with Gasteiger partial charge in [-0.3, -0.25) is 9.36 Å². The minimum absolute atomic E-state index is 0.0120. The van der Waals surface area contributed by atoms with E-state index in [0.717, 1.165) is 16.0 Å². The van der Waals surface area contributed by atoms with Gasteiger partial charge in [-0.15, -0.1) is 0 Å². The van der Waals surface area contributed by atoms with Crippen molar-refractivity contribution in [2.75, 3.05) is 0 Å². The fourth-order valence-corrected chi connectivity index (χ4v) is 2.14. The van der Waals surface area contributed by atoms with Crippen molar-refractivity contribution >= 4 is 21.7 Å². The van der Waals surface area contributed by atoms with Gasteiger partial charge >= 0.3 is 4.87 Å². The molecule has 2 rings (SSSR count). The molecule has 0 fully saturated rings. The van der Waals surface area contributed by atoms with Crippen LogP contribution in [0.25, 0.3) is 10.3 Å². The van der Waals surface area contributed by atoms with Crippen molar-refractivity contribution < 1.29 is 0 Å². The molecule has 0 radical (unpaired) electrons. The van der Waals surface area contributed by atoms with Crippen molar-refractivity contribution in [3.05, 3.63) is 21.2 Å². The van der Waals surface area contributed by atoms with Crippen LogP contribution < -0.4 is 4.87 Å². The van der Waals surface area contributed by atoms with E-state index >= 15 is 0 Å². The Labute approximate surface area is 78.9 Å². The van der Waals surface area contributed by atoms with Gasteiger partial charge in [-0.1, -0.05) is 11.3 Å². The smallest absolute Gasteiger partial charge is 0.286 e. The second kappa shape index (κ2) is 2.63. The van der Waals surface area contributed by atoms with E-state index in [1.54, 1.807) is 11.6 Å². The lowest BCUT2D eigenvalue weighted by Gasteiger charge is -1.97. The van der Waals surface area contributed by atoms with Crippen LogP contribution in [0.3, 0.4) is 0 Å². The molecule has 2 aromatic rings. The lowest BCUT2D eigenvalue weighted by Crippen LogP contribution is -2.07. The summed E-state index contributed by atoms with van der Waals surface area (Å²) in [5.41, 5.74) is 1.62. The highest BCUT2D eigenvalue weighted by atomic mass is 32.1. The third kappa shape index (κ3) is 1.16. The summed E-state index contributed by atoms with van der Waals surface area (Å²) in [6.45, 7) is 3.72. The average Bonchev–Trinajstić information content (AvgIpc) is 2.32. The van der Waals surface area contributed by atoms with E-state index in [1.807, 2.05) is 13.8 Å². The molecule has 0 aromatic carbocycles. The van der Waals surface area contributed by atoms with Crippen LogP contribution in [0.2, 0.25) is 0 Å². The summed E-state index contributed by atoms with van der Waals surface area (Å²) in [6, 6.07) is 0. The Hall–Kier alpha value is -1.23. The largest absolute Gasteiger partial charge is 0.309 e. The average molecular weight is 195 g/mol. The van der Waals surface area contributed by atoms with Crippen LogP contribution in [0, 0.1) is 13.8 Å². The maximum atomic E-state index is 11.3. The molecule has 5 heteroatoms. The number of fused-ring (bicyclic) bond motifs is 1. The molecule has 0 aliphatic rings. The van der Waals surface area contributed by atoms with Crippen LogP contribution in [-0.2, 0) is 7.05 Å². The van der Waals surface area contributed by atoms with E-state index in [9.17, 15) is 4.79 Å². The van der Waals surface area contributed by atoms with Gasteiger partial charge in [-0.2, -0.15) is 0 Å². The summed E-state index contributed by atoms with van der Waals surface area (Å²) < 4.78 is 2.44. The van der Waals surface area contributed by atoms with Crippen molar-refractivity contribution in [2.45, 2.75) is 13.8 Å². The number of aryl methyl sites for hydroxylation is 3. The molecule has 0 spiro atoms. The maximum Gasteiger partial charge on any atom is 0.309 e. The van der Waals surface area contributed by atoms with Crippen LogP contribution in [0.5, 0.6) is 0 Å². The van der Waals surface area contributed by atoms with Crippen LogP contribution in [0.4, 0.5) is 0 Å². The lowest BCUT2D eigenvalue weighted by atomic mass is 10.4. The monoisotopic (exact) mass is 195 g/mol. The zero-order valence-electron chi connectivity index (χ0n) is 7.66. The van der Waals surface area contributed by atoms with Gasteiger partial charge in [0.2, 0.25) is 0 Å². The fraction of sp³-hybridized carbons (Fsp3) is 0.375. The van der Waals surface area contributed by atoms with E-state index in [0.29, 0.717) is 5.82 Å². The minimum atomic E-state index is 0.0120. The van der Waals surface area contributed by atoms with Gasteiger partial charge in [0.15, 0.2) is 5.65 Å². The normalized spacial score (nSPS) is 11.0. The second-order valence-corrected chi connectivity index (χ2v) is 3.90. The Morgan fingerprint density at radius 1 is 1.31 bits per heavy atom. The van der Waals surface area contributed by atoms with E-state index in [4.69, 9.17) is 0 Å². The molecule has 68 valence electrons. The molecule has 0 aliphatic carbocycles. The van der Waals surface area contributed by atoms with E-state index in [1.165, 1.54) is 11.3 Å². The van der Waals surface area contributed by atoms with Crippen molar-refractivity contribution in [1.82, 2.24) is 14.5 Å². The Kier molecular flexibility index (Phi) is 1.69. The molecule has 2 heterocycles. The summed E-state index contributed by atoms with van der Waals surface area (Å²) in [5, 5.41) is 0. The van der Waals surface area contributed by atoms with Gasteiger partial charge in [0.1, 0.15) is 5.82 Å². The molecule has 0 aliphatic heterocycles. The first kappa shape index (κ1) is 8.37. The van der Waals surface area contributed by atoms with E-state index in [-0.39, 0.29) is 4.87 Å². The topological polar surface area (TPSA) is 47.8 Å². The van der Waals surface area contributed by atoms with Crippen LogP contribution >= 0.6 is 11.3 Å². The molecule has 0 bridgehead atoms. The standard InChI is InChI=1S/C8H9N3OS/c1-4-6-7(10-5(2)9-4)11(3)8(12)13-6/h1-3H3. The Bertz CT molecular complexity index is 526. The van der Waals surface area contributed by atoms with Gasteiger partial charge in [0.25, 0.3) is 0 Å². The number of nitrogens with zero attached hydrogens (tertiary/aromatic N) is 3. The van der Waals surface area contributed by atoms with Gasteiger partial charge in [-0.25, -0.2) is 9.97 Å². The second-order valence-electron chi connectivity index (χ2n) is 2.94. The van der Waals surface area contributed by atoms with Gasteiger partial charge < -0.3 is 0 Å². The Morgan fingerprint density at radius 2 is 2.00 bits per heavy atom. The SMILES string of the molecule is Cc1nc(C)c2sc(=O)n(C)c2n1. The lowest BCUT2D eigenvalue weighted by molar-refractivity contribution is 0.902. The summed E-state index contributed by atoms with van der Waals surface area (Å²) in [5.74, 6) is 0.707. The van der Waals surface area contributed by atoms with E-state index < -0.39 is 0 Å². The van der Waals surface area contributed by atoms with Crippen molar-refractivity contribution in [2.24, 2.45) is 7.05 Å². The molecule has 0 amide bonds. The fourth-order valence-electron chi connectivity index (χ4n) is 1.27. The Balaban J connectivity index is 3.03. The summed E-state index contributed by atoms with van der Waals surface area (Å²) in [4.78, 5) is 19.8. The highest BCUT2D eigenvalue weighted by molar-refractivity contribution is 7.16. The van der Waals surface area contributed by atoms with Gasteiger partial charge in [-0.05, 0) is 13.8 Å². The van der Waals surface area contributed by atoms with Gasteiger partial charge in [0, 0.05) is 7.05 Å². The van der Waals surface area contributed by atoms with E-state index in [2.05, 4.69) is 9.97 Å². The van der Waals surface area contributed by atoms with Crippen LogP contribution in [0.1, 0.15) is 11.5 Å². The number of rotatable bonds is 0. The predicted molar refractivity (Wildman–Crippen MR) is 52.1 cm³/mol. The molecule has 0 unspecified atom stereocenters. The molecule has 0 N–H and O–H groups in total. The number of thiazole rings is 1. The van der Waals surface area contributed by atoms with Crippen molar-refractivity contribution in [1.29, 1.82) is 0 Å². The first-order chi connectivity index (χ1) is 6.09. The molecule has 4 nitrogen and oxygen atoms in total. The molecular formula is C8H9N3OS. The van der Waals surface area contributed by atoms with Crippen molar-refractivity contribution in [3.63, 3.8) is 0 Å². The highest BCUT2D eigenvalue weighted by Gasteiger charge is 2.08. The zero-order chi connectivity index (χ0) is 9.59. The molecule has 13 heavy (non-hydrogen) atoms. The third-order valence-corrected chi connectivity index (χ3v) is 3.04. The number of hydrogen-bond donors (Lipinski definition) is 0. The summed E-state index contributed by atoms with van der Waals surface area (Å²) >= 11 is 1.20. The summed E-state index contributed by atoms with van der Waals surface area (Å²) in [6.07, 6.45) is 0. The predicted octanol–water partition coefficient (Wildman–Crippen LogP) is 1.01. The summed E-state index contributed by atoms with van der Waals surface area (Å²) in [7, 11) is 1.73. The number of aromatic nitrogens is 3. The zero-order valence-corrected chi connectivity index (χ0v) is 8.47. The molecule has 0 atom stereocenters. The highest BCUT2D eigenvalue weighted by Crippen LogP contribution is 2.16. The van der Waals surface area contributed by atoms with Crippen LogP contribution in [-0.4, -0.2) is 14.5 Å². The molecule has 0 saturated heterocycles. The molecule has 2 aromatic heterocycles. The van der Waals surface area contributed by atoms with Crippen molar-refractivity contribution in [3.8, 4) is 0 Å². The number of hydrogen-bond acceptors (Lipinski definition) is 4. The Morgan fingerprint density at radius 3 is 2.69 bits per heavy atom. The first-order valence-electron chi connectivity index (χ1n) is 3.90. The minimum Gasteiger partial charge on any atom is -0.286 e. The third-order valence-electron chi connectivity index (χ3n) is 1.91. The quantitative estimate of drug-likeness (QED) is 0.630. The maximum absolute atomic E-state index is 11.3.